The first-order chi connectivity index (χ1) is 7.69. The monoisotopic (exact) mass is 222 g/mol. The number of rotatable bonds is 3. The predicted octanol–water partition coefficient (Wildman–Crippen LogP) is 1.78. The molecule has 0 heterocycles. The number of methoxy groups -OCH3 is 2. The molecule has 0 spiro atoms. The second-order valence-corrected chi connectivity index (χ2v) is 3.00. The van der Waals surface area contributed by atoms with E-state index < -0.39 is 6.09 Å². The quantitative estimate of drug-likeness (QED) is 0.626. The summed E-state index contributed by atoms with van der Waals surface area (Å²) in [7, 11) is 2.86. The molecule has 5 heteroatoms. The van der Waals surface area contributed by atoms with Gasteiger partial charge >= 0.3 is 6.09 Å². The molecule has 1 amide bonds. The van der Waals surface area contributed by atoms with Crippen LogP contribution in [0.4, 0.5) is 4.79 Å². The van der Waals surface area contributed by atoms with Gasteiger partial charge in [0.2, 0.25) is 0 Å². The molecule has 5 nitrogen and oxygen atoms in total. The van der Waals surface area contributed by atoms with Crippen molar-refractivity contribution in [3.8, 4) is 5.75 Å². The molecule has 1 rings (SSSR count). The summed E-state index contributed by atoms with van der Waals surface area (Å²) >= 11 is 0. The number of hydrogen-bond acceptors (Lipinski definition) is 4. The highest BCUT2D eigenvalue weighted by Crippen LogP contribution is 2.17. The van der Waals surface area contributed by atoms with Crippen LogP contribution >= 0.6 is 0 Å². The fraction of sp³-hybridized carbons (Fsp3) is 0.273. The lowest BCUT2D eigenvalue weighted by atomic mass is 10.1. The van der Waals surface area contributed by atoms with Crippen LogP contribution in [0.1, 0.15) is 12.5 Å². The summed E-state index contributed by atoms with van der Waals surface area (Å²) in [6.45, 7) is 1.77. The van der Waals surface area contributed by atoms with Gasteiger partial charge in [0.25, 0.3) is 0 Å². The largest absolute Gasteiger partial charge is 0.496 e. The van der Waals surface area contributed by atoms with Crippen LogP contribution in [-0.2, 0) is 4.74 Å². The Morgan fingerprint density at radius 2 is 2.00 bits per heavy atom. The molecule has 0 unspecified atom stereocenters. The maximum atomic E-state index is 10.8. The lowest BCUT2D eigenvalue weighted by Crippen LogP contribution is -2.18. The molecule has 0 saturated heterocycles. The number of para-hydroxylation sites is 1. The molecule has 0 atom stereocenters. The number of nitrogens with one attached hydrogen (secondary N) is 1. The lowest BCUT2D eigenvalue weighted by Gasteiger charge is -2.07. The minimum absolute atomic E-state index is 0.603. The van der Waals surface area contributed by atoms with Gasteiger partial charge in [0, 0.05) is 5.56 Å². The SMILES string of the molecule is COC(=O)N/N=C(/C)c1ccccc1OC. The summed E-state index contributed by atoms with van der Waals surface area (Å²) in [5, 5.41) is 3.89. The summed E-state index contributed by atoms with van der Waals surface area (Å²) in [6, 6.07) is 7.42. The van der Waals surface area contributed by atoms with Gasteiger partial charge in [-0.05, 0) is 19.1 Å². The second kappa shape index (κ2) is 5.75. The van der Waals surface area contributed by atoms with E-state index in [1.807, 2.05) is 24.3 Å². The number of amides is 1. The highest BCUT2D eigenvalue weighted by atomic mass is 16.5. The first-order valence-corrected chi connectivity index (χ1v) is 4.70. The maximum absolute atomic E-state index is 10.8. The van der Waals surface area contributed by atoms with Crippen molar-refractivity contribution in [1.29, 1.82) is 0 Å². The minimum Gasteiger partial charge on any atom is -0.496 e. The number of hydrogen-bond donors (Lipinski definition) is 1. The molecule has 16 heavy (non-hydrogen) atoms. The van der Waals surface area contributed by atoms with E-state index in [9.17, 15) is 4.79 Å². The highest BCUT2D eigenvalue weighted by Gasteiger charge is 2.05. The Bertz CT molecular complexity index is 402. The van der Waals surface area contributed by atoms with Crippen LogP contribution in [0.25, 0.3) is 0 Å². The van der Waals surface area contributed by atoms with Gasteiger partial charge in [-0.15, -0.1) is 0 Å². The summed E-state index contributed by atoms with van der Waals surface area (Å²) in [5.41, 5.74) is 3.72. The number of carbonyl (C=O) groups is 1. The van der Waals surface area contributed by atoms with E-state index in [0.29, 0.717) is 11.5 Å². The van der Waals surface area contributed by atoms with Gasteiger partial charge in [0.1, 0.15) is 5.75 Å². The standard InChI is InChI=1S/C11H14N2O3/c1-8(12-13-11(14)16-3)9-6-4-5-7-10(9)15-2/h4-7H,1-3H3,(H,13,14)/b12-8-. The van der Waals surface area contributed by atoms with Crippen LogP contribution in [0, 0.1) is 0 Å². The molecule has 1 aromatic carbocycles. The summed E-state index contributed by atoms with van der Waals surface area (Å²) < 4.78 is 9.58. The third-order valence-corrected chi connectivity index (χ3v) is 2.00. The molecule has 1 N–H and O–H groups in total. The topological polar surface area (TPSA) is 59.9 Å². The van der Waals surface area contributed by atoms with Crippen molar-refractivity contribution in [2.24, 2.45) is 5.10 Å². The van der Waals surface area contributed by atoms with E-state index in [-0.39, 0.29) is 0 Å². The van der Waals surface area contributed by atoms with Crippen molar-refractivity contribution in [2.75, 3.05) is 14.2 Å². The van der Waals surface area contributed by atoms with Crippen molar-refractivity contribution in [3.05, 3.63) is 29.8 Å². The van der Waals surface area contributed by atoms with E-state index in [0.717, 1.165) is 5.56 Å². The molecular formula is C11H14N2O3. The molecular weight excluding hydrogens is 208 g/mol. The van der Waals surface area contributed by atoms with Crippen LogP contribution < -0.4 is 10.2 Å². The molecule has 1 aromatic rings. The smallest absolute Gasteiger partial charge is 0.427 e. The lowest BCUT2D eigenvalue weighted by molar-refractivity contribution is 0.171. The van der Waals surface area contributed by atoms with E-state index in [1.54, 1.807) is 14.0 Å². The molecule has 0 aliphatic carbocycles. The zero-order chi connectivity index (χ0) is 12.0. The third-order valence-electron chi connectivity index (χ3n) is 2.00. The highest BCUT2D eigenvalue weighted by molar-refractivity contribution is 6.01. The Balaban J connectivity index is 2.86. The van der Waals surface area contributed by atoms with Gasteiger partial charge in [-0.1, -0.05) is 12.1 Å². The van der Waals surface area contributed by atoms with Crippen molar-refractivity contribution in [2.45, 2.75) is 6.92 Å². The van der Waals surface area contributed by atoms with E-state index in [4.69, 9.17) is 4.74 Å². The Morgan fingerprint density at radius 3 is 2.62 bits per heavy atom. The van der Waals surface area contributed by atoms with Crippen molar-refractivity contribution in [1.82, 2.24) is 5.43 Å². The summed E-state index contributed by atoms with van der Waals surface area (Å²) in [5.74, 6) is 0.704. The van der Waals surface area contributed by atoms with Crippen LogP contribution in [-0.4, -0.2) is 26.0 Å². The van der Waals surface area contributed by atoms with E-state index in [1.165, 1.54) is 7.11 Å². The molecule has 0 bridgehead atoms. The first kappa shape index (κ1) is 12.0. The van der Waals surface area contributed by atoms with Crippen LogP contribution in [0.5, 0.6) is 5.75 Å². The van der Waals surface area contributed by atoms with Crippen molar-refractivity contribution in [3.63, 3.8) is 0 Å². The average Bonchev–Trinajstić information content (AvgIpc) is 2.35. The number of carbonyl (C=O) groups excluding carboxylic acids is 1. The van der Waals surface area contributed by atoms with E-state index in [2.05, 4.69) is 15.3 Å². The molecule has 0 aliphatic heterocycles. The Labute approximate surface area is 94.1 Å². The molecule has 86 valence electrons. The van der Waals surface area contributed by atoms with Crippen molar-refractivity contribution < 1.29 is 14.3 Å². The second-order valence-electron chi connectivity index (χ2n) is 3.00. The zero-order valence-corrected chi connectivity index (χ0v) is 9.48. The minimum atomic E-state index is -0.603. The number of benzene rings is 1. The predicted molar refractivity (Wildman–Crippen MR) is 60.7 cm³/mol. The number of ether oxygens (including phenoxy) is 2. The maximum Gasteiger partial charge on any atom is 0.427 e. The fourth-order valence-electron chi connectivity index (χ4n) is 1.18. The third kappa shape index (κ3) is 2.98. The Hall–Kier alpha value is -2.04. The molecule has 0 aliphatic rings. The van der Waals surface area contributed by atoms with Gasteiger partial charge in [0.15, 0.2) is 0 Å². The molecule has 0 saturated carbocycles. The zero-order valence-electron chi connectivity index (χ0n) is 9.48. The van der Waals surface area contributed by atoms with Gasteiger partial charge in [-0.3, -0.25) is 0 Å². The molecule has 0 radical (unpaired) electrons. The van der Waals surface area contributed by atoms with Gasteiger partial charge < -0.3 is 9.47 Å². The fourth-order valence-corrected chi connectivity index (χ4v) is 1.18. The summed E-state index contributed by atoms with van der Waals surface area (Å²) in [6.07, 6.45) is -0.603. The van der Waals surface area contributed by atoms with E-state index >= 15 is 0 Å². The van der Waals surface area contributed by atoms with Gasteiger partial charge in [0.05, 0.1) is 19.9 Å². The normalized spacial score (nSPS) is 10.8. The Morgan fingerprint density at radius 1 is 1.31 bits per heavy atom. The number of nitrogens with zero attached hydrogens (tertiary/aromatic N) is 1. The van der Waals surface area contributed by atoms with Gasteiger partial charge in [-0.25, -0.2) is 10.2 Å². The van der Waals surface area contributed by atoms with Crippen LogP contribution in [0.15, 0.2) is 29.4 Å². The Kier molecular flexibility index (Phi) is 4.32. The first-order valence-electron chi connectivity index (χ1n) is 4.70. The van der Waals surface area contributed by atoms with Crippen LogP contribution in [0.3, 0.4) is 0 Å². The molecule has 0 fully saturated rings. The average molecular weight is 222 g/mol. The summed E-state index contributed by atoms with van der Waals surface area (Å²) in [4.78, 5) is 10.8. The van der Waals surface area contributed by atoms with Crippen molar-refractivity contribution >= 4 is 11.8 Å². The number of hydrazone groups is 1. The van der Waals surface area contributed by atoms with Gasteiger partial charge in [-0.2, -0.15) is 5.10 Å². The molecule has 0 aromatic heterocycles. The van der Waals surface area contributed by atoms with Crippen LogP contribution in [0.2, 0.25) is 0 Å².